The van der Waals surface area contributed by atoms with Crippen molar-refractivity contribution >= 4 is 16.8 Å². The van der Waals surface area contributed by atoms with Crippen LogP contribution >= 0.6 is 11.6 Å². The zero-order valence-corrected chi connectivity index (χ0v) is 11.6. The van der Waals surface area contributed by atoms with Gasteiger partial charge in [-0.3, -0.25) is 4.79 Å². The van der Waals surface area contributed by atoms with E-state index in [9.17, 15) is 4.79 Å². The predicted octanol–water partition coefficient (Wildman–Crippen LogP) is 3.43. The normalized spacial score (nSPS) is 10.4. The molecule has 0 saturated heterocycles. The molecule has 0 atom stereocenters. The zero-order valence-electron chi connectivity index (χ0n) is 10.9. The number of carbonyl (C=O) groups excluding carboxylic acids is 1. The second kappa shape index (κ2) is 8.11. The fourth-order valence-corrected chi connectivity index (χ4v) is 1.83. The Hall–Kier alpha value is -1.06. The first-order chi connectivity index (χ1) is 8.69. The lowest BCUT2D eigenvalue weighted by Crippen LogP contribution is -2.05. The van der Waals surface area contributed by atoms with E-state index in [1.807, 2.05) is 12.1 Å². The van der Waals surface area contributed by atoms with Crippen LogP contribution in [0.15, 0.2) is 18.2 Å². The van der Waals surface area contributed by atoms with E-state index in [0.717, 1.165) is 24.8 Å². The maximum Gasteiger partial charge on any atom is 0.252 e. The van der Waals surface area contributed by atoms with Gasteiger partial charge in [0.2, 0.25) is 0 Å². The third-order valence-electron chi connectivity index (χ3n) is 2.65. The van der Waals surface area contributed by atoms with Gasteiger partial charge in [-0.25, -0.2) is 0 Å². The maximum absolute atomic E-state index is 11.4. The van der Waals surface area contributed by atoms with Crippen molar-refractivity contribution in [2.75, 3.05) is 20.3 Å². The van der Waals surface area contributed by atoms with Gasteiger partial charge in [-0.2, -0.15) is 0 Å². The number of ether oxygens (including phenoxy) is 2. The summed E-state index contributed by atoms with van der Waals surface area (Å²) in [7, 11) is 1.62. The van der Waals surface area contributed by atoms with Crippen LogP contribution in [0.1, 0.15) is 35.7 Å². The molecule has 3 nitrogen and oxygen atoms in total. The Balaban J connectivity index is 2.78. The van der Waals surface area contributed by atoms with E-state index in [-0.39, 0.29) is 0 Å². The number of halogens is 1. The average molecular weight is 271 g/mol. The number of unbranched alkanes of at least 4 members (excludes halogenated alkanes) is 1. The van der Waals surface area contributed by atoms with Gasteiger partial charge in [0.25, 0.3) is 5.24 Å². The van der Waals surface area contributed by atoms with E-state index in [2.05, 4.69) is 6.92 Å². The molecule has 0 aliphatic rings. The van der Waals surface area contributed by atoms with Crippen LogP contribution in [0.25, 0.3) is 0 Å². The van der Waals surface area contributed by atoms with Crippen molar-refractivity contribution in [3.05, 3.63) is 29.3 Å². The number of methoxy groups -OCH3 is 1. The van der Waals surface area contributed by atoms with Gasteiger partial charge in [0.05, 0.1) is 6.61 Å². The fourth-order valence-electron chi connectivity index (χ4n) is 1.66. The number of benzene rings is 1. The van der Waals surface area contributed by atoms with Crippen LogP contribution in [0.2, 0.25) is 0 Å². The van der Waals surface area contributed by atoms with Gasteiger partial charge in [0.1, 0.15) is 12.4 Å². The molecule has 0 saturated carbocycles. The van der Waals surface area contributed by atoms with Gasteiger partial charge < -0.3 is 9.47 Å². The molecule has 1 rings (SSSR count). The summed E-state index contributed by atoms with van der Waals surface area (Å²) in [5.74, 6) is 0.649. The summed E-state index contributed by atoms with van der Waals surface area (Å²) < 4.78 is 10.4. The highest BCUT2D eigenvalue weighted by molar-refractivity contribution is 6.67. The van der Waals surface area contributed by atoms with E-state index in [0.29, 0.717) is 24.5 Å². The topological polar surface area (TPSA) is 35.5 Å². The van der Waals surface area contributed by atoms with Gasteiger partial charge in [-0.1, -0.05) is 19.4 Å². The van der Waals surface area contributed by atoms with Crippen molar-refractivity contribution in [3.63, 3.8) is 0 Å². The minimum absolute atomic E-state index is 0.432. The van der Waals surface area contributed by atoms with Crippen molar-refractivity contribution < 1.29 is 14.3 Å². The first-order valence-corrected chi connectivity index (χ1v) is 6.51. The molecule has 0 bridgehead atoms. The summed E-state index contributed by atoms with van der Waals surface area (Å²) in [6.07, 6.45) is 2.99. The van der Waals surface area contributed by atoms with Crippen LogP contribution in [0.5, 0.6) is 5.75 Å². The Morgan fingerprint density at radius 3 is 2.72 bits per heavy atom. The summed E-state index contributed by atoms with van der Waals surface area (Å²) in [6.45, 7) is 3.09. The summed E-state index contributed by atoms with van der Waals surface area (Å²) in [6, 6.07) is 5.48. The summed E-state index contributed by atoms with van der Waals surface area (Å²) in [5.41, 5.74) is 1.52. The van der Waals surface area contributed by atoms with Crippen LogP contribution in [-0.2, 0) is 11.2 Å². The van der Waals surface area contributed by atoms with E-state index in [1.54, 1.807) is 13.2 Å². The molecule has 0 radical (unpaired) electrons. The van der Waals surface area contributed by atoms with Crippen molar-refractivity contribution in [1.29, 1.82) is 0 Å². The highest BCUT2D eigenvalue weighted by Crippen LogP contribution is 2.21. The van der Waals surface area contributed by atoms with Crippen LogP contribution in [0.3, 0.4) is 0 Å². The monoisotopic (exact) mass is 270 g/mol. The van der Waals surface area contributed by atoms with Gasteiger partial charge in [-0.15, -0.1) is 0 Å². The Bertz CT molecular complexity index is 391. The molecule has 18 heavy (non-hydrogen) atoms. The molecular weight excluding hydrogens is 252 g/mol. The Labute approximate surface area is 113 Å². The standard InChI is InChI=1S/C14H19ClO3/c1-3-4-5-11-6-7-12(18-9-8-17-2)10-13(11)14(15)16/h6-7,10H,3-5,8-9H2,1-2H3. The third kappa shape index (κ3) is 4.67. The molecule has 0 spiro atoms. The minimum atomic E-state index is -0.432. The van der Waals surface area contributed by atoms with Crippen molar-refractivity contribution in [2.24, 2.45) is 0 Å². The third-order valence-corrected chi connectivity index (χ3v) is 2.85. The van der Waals surface area contributed by atoms with Gasteiger partial charge >= 0.3 is 0 Å². The van der Waals surface area contributed by atoms with Crippen LogP contribution in [-0.4, -0.2) is 25.6 Å². The summed E-state index contributed by atoms with van der Waals surface area (Å²) >= 11 is 5.60. The average Bonchev–Trinajstić information content (AvgIpc) is 2.37. The van der Waals surface area contributed by atoms with Gasteiger partial charge in [0.15, 0.2) is 0 Å². The first kappa shape index (κ1) is 15.0. The number of hydrogen-bond acceptors (Lipinski definition) is 3. The van der Waals surface area contributed by atoms with Gasteiger partial charge in [-0.05, 0) is 42.1 Å². The molecular formula is C14H19ClO3. The molecule has 0 aliphatic heterocycles. The highest BCUT2D eigenvalue weighted by Gasteiger charge is 2.10. The molecule has 0 aliphatic carbocycles. The smallest absolute Gasteiger partial charge is 0.252 e. The van der Waals surface area contributed by atoms with E-state index in [4.69, 9.17) is 21.1 Å². The highest BCUT2D eigenvalue weighted by atomic mass is 35.5. The lowest BCUT2D eigenvalue weighted by Gasteiger charge is -2.10. The zero-order chi connectivity index (χ0) is 13.4. The Morgan fingerprint density at radius 2 is 2.11 bits per heavy atom. The minimum Gasteiger partial charge on any atom is -0.491 e. The van der Waals surface area contributed by atoms with Crippen molar-refractivity contribution in [1.82, 2.24) is 0 Å². The van der Waals surface area contributed by atoms with Crippen LogP contribution in [0, 0.1) is 0 Å². The second-order valence-electron chi connectivity index (χ2n) is 4.04. The van der Waals surface area contributed by atoms with Crippen molar-refractivity contribution in [2.45, 2.75) is 26.2 Å². The lowest BCUT2D eigenvalue weighted by molar-refractivity contribution is 0.107. The van der Waals surface area contributed by atoms with Gasteiger partial charge in [0, 0.05) is 12.7 Å². The molecule has 0 aromatic heterocycles. The molecule has 0 N–H and O–H groups in total. The quantitative estimate of drug-likeness (QED) is 0.536. The van der Waals surface area contributed by atoms with E-state index >= 15 is 0 Å². The maximum atomic E-state index is 11.4. The Morgan fingerprint density at radius 1 is 1.33 bits per heavy atom. The van der Waals surface area contributed by atoms with Crippen LogP contribution < -0.4 is 4.74 Å². The molecule has 0 amide bonds. The largest absolute Gasteiger partial charge is 0.491 e. The number of carbonyl (C=O) groups is 1. The van der Waals surface area contributed by atoms with Crippen LogP contribution in [0.4, 0.5) is 0 Å². The molecule has 1 aromatic carbocycles. The fraction of sp³-hybridized carbons (Fsp3) is 0.500. The first-order valence-electron chi connectivity index (χ1n) is 6.13. The molecule has 100 valence electrons. The van der Waals surface area contributed by atoms with E-state index in [1.165, 1.54) is 0 Å². The lowest BCUT2D eigenvalue weighted by atomic mass is 10.0. The number of aryl methyl sites for hydroxylation is 1. The van der Waals surface area contributed by atoms with Crippen molar-refractivity contribution in [3.8, 4) is 5.75 Å². The summed E-state index contributed by atoms with van der Waals surface area (Å²) in [4.78, 5) is 11.4. The predicted molar refractivity (Wildman–Crippen MR) is 72.6 cm³/mol. The molecule has 0 unspecified atom stereocenters. The second-order valence-corrected chi connectivity index (χ2v) is 4.38. The SMILES string of the molecule is CCCCc1ccc(OCCOC)cc1C(=O)Cl. The van der Waals surface area contributed by atoms with E-state index < -0.39 is 5.24 Å². The Kier molecular flexibility index (Phi) is 6.76. The number of rotatable bonds is 8. The number of hydrogen-bond donors (Lipinski definition) is 0. The molecule has 1 aromatic rings. The molecule has 0 heterocycles. The molecule has 4 heteroatoms. The summed E-state index contributed by atoms with van der Waals surface area (Å²) in [5, 5.41) is -0.432. The molecule has 0 fully saturated rings.